The number of hydrogen-bond donors (Lipinski definition) is 2. The van der Waals surface area contributed by atoms with E-state index in [1.807, 2.05) is 0 Å². The normalized spacial score (nSPS) is 27.0. The minimum absolute atomic E-state index is 0.815. The number of rotatable bonds is 1. The molecule has 0 spiro atoms. The monoisotopic (exact) mass is 212 g/mol. The third-order valence-corrected chi connectivity index (χ3v) is 3.36. The molecule has 1 unspecified atom stereocenters. The average Bonchev–Trinajstić information content (AvgIpc) is 2.60. The largest absolute Gasteiger partial charge is 0.317 e. The van der Waals surface area contributed by atoms with Gasteiger partial charge in [-0.25, -0.2) is 0 Å². The molecular formula is C13H28N2. The molecule has 0 bridgehead atoms. The zero-order valence-electron chi connectivity index (χ0n) is 10.5. The number of hydrogen-bond acceptors (Lipinski definition) is 2. The maximum atomic E-state index is 3.46. The van der Waals surface area contributed by atoms with E-state index in [4.69, 9.17) is 0 Å². The molecule has 0 aliphatic carbocycles. The minimum Gasteiger partial charge on any atom is -0.317 e. The van der Waals surface area contributed by atoms with Gasteiger partial charge in [-0.1, -0.05) is 26.7 Å². The second kappa shape index (κ2) is 8.12. The van der Waals surface area contributed by atoms with Gasteiger partial charge < -0.3 is 10.6 Å². The van der Waals surface area contributed by atoms with E-state index in [0.29, 0.717) is 0 Å². The summed E-state index contributed by atoms with van der Waals surface area (Å²) >= 11 is 0. The molecule has 2 fully saturated rings. The van der Waals surface area contributed by atoms with Gasteiger partial charge in [0.2, 0.25) is 0 Å². The van der Waals surface area contributed by atoms with Crippen molar-refractivity contribution in [3.8, 4) is 0 Å². The molecule has 2 N–H and O–H groups in total. The Kier molecular flexibility index (Phi) is 7.03. The molecular weight excluding hydrogens is 184 g/mol. The highest BCUT2D eigenvalue weighted by atomic mass is 14.9. The third-order valence-electron chi connectivity index (χ3n) is 3.36. The van der Waals surface area contributed by atoms with Crippen molar-refractivity contribution < 1.29 is 0 Å². The first-order valence-corrected chi connectivity index (χ1v) is 6.75. The smallest absolute Gasteiger partial charge is 0.00905 e. The molecule has 2 aliphatic heterocycles. The molecule has 0 radical (unpaired) electrons. The van der Waals surface area contributed by atoms with Crippen LogP contribution in [0.1, 0.15) is 52.4 Å². The fourth-order valence-electron chi connectivity index (χ4n) is 2.26. The Morgan fingerprint density at radius 3 is 1.93 bits per heavy atom. The van der Waals surface area contributed by atoms with E-state index in [-0.39, 0.29) is 0 Å². The van der Waals surface area contributed by atoms with E-state index in [2.05, 4.69) is 24.5 Å². The van der Waals surface area contributed by atoms with Crippen LogP contribution in [-0.2, 0) is 0 Å². The van der Waals surface area contributed by atoms with Crippen molar-refractivity contribution in [3.05, 3.63) is 0 Å². The fraction of sp³-hybridized carbons (Fsp3) is 1.00. The molecule has 0 aromatic carbocycles. The van der Waals surface area contributed by atoms with Crippen molar-refractivity contribution >= 4 is 0 Å². The summed E-state index contributed by atoms with van der Waals surface area (Å²) in [5.74, 6) is 0.831. The lowest BCUT2D eigenvalue weighted by atomic mass is 10.0. The van der Waals surface area contributed by atoms with Crippen LogP contribution in [0.3, 0.4) is 0 Å². The van der Waals surface area contributed by atoms with Gasteiger partial charge in [-0.2, -0.15) is 0 Å². The maximum Gasteiger partial charge on any atom is 0.00905 e. The van der Waals surface area contributed by atoms with Crippen LogP contribution in [0.2, 0.25) is 0 Å². The topological polar surface area (TPSA) is 24.1 Å². The Hall–Kier alpha value is -0.0800. The molecule has 0 amide bonds. The van der Waals surface area contributed by atoms with E-state index in [9.17, 15) is 0 Å². The maximum absolute atomic E-state index is 3.46. The van der Waals surface area contributed by atoms with Crippen LogP contribution in [0.25, 0.3) is 0 Å². The SMILES string of the molecule is C1CCCNCC1.CC(C)C1CCCN1. The predicted molar refractivity (Wildman–Crippen MR) is 67.2 cm³/mol. The second-order valence-electron chi connectivity index (χ2n) is 5.11. The fourth-order valence-corrected chi connectivity index (χ4v) is 2.26. The van der Waals surface area contributed by atoms with Gasteiger partial charge in [0, 0.05) is 6.04 Å². The molecule has 2 heteroatoms. The van der Waals surface area contributed by atoms with Crippen molar-refractivity contribution in [3.63, 3.8) is 0 Å². The summed E-state index contributed by atoms with van der Waals surface area (Å²) in [4.78, 5) is 0. The Morgan fingerprint density at radius 2 is 1.53 bits per heavy atom. The quantitative estimate of drug-likeness (QED) is 0.698. The van der Waals surface area contributed by atoms with E-state index < -0.39 is 0 Å². The highest BCUT2D eigenvalue weighted by Crippen LogP contribution is 2.12. The summed E-state index contributed by atoms with van der Waals surface area (Å²) in [6.07, 6.45) is 8.42. The first-order chi connectivity index (χ1) is 7.30. The highest BCUT2D eigenvalue weighted by Gasteiger charge is 2.16. The van der Waals surface area contributed by atoms with Crippen molar-refractivity contribution in [2.24, 2.45) is 5.92 Å². The van der Waals surface area contributed by atoms with Gasteiger partial charge >= 0.3 is 0 Å². The Morgan fingerprint density at radius 1 is 0.867 bits per heavy atom. The van der Waals surface area contributed by atoms with Crippen LogP contribution >= 0.6 is 0 Å². The van der Waals surface area contributed by atoms with Gasteiger partial charge in [0.05, 0.1) is 0 Å². The molecule has 1 atom stereocenters. The Labute approximate surface area is 95.2 Å². The van der Waals surface area contributed by atoms with Crippen LogP contribution < -0.4 is 10.6 Å². The van der Waals surface area contributed by atoms with Crippen LogP contribution in [0.5, 0.6) is 0 Å². The minimum atomic E-state index is 0.815. The lowest BCUT2D eigenvalue weighted by molar-refractivity contribution is 0.452. The molecule has 0 saturated carbocycles. The predicted octanol–water partition coefficient (Wildman–Crippen LogP) is 2.54. The first-order valence-electron chi connectivity index (χ1n) is 6.75. The van der Waals surface area contributed by atoms with Crippen LogP contribution in [0, 0.1) is 5.92 Å². The molecule has 90 valence electrons. The van der Waals surface area contributed by atoms with Gasteiger partial charge in [0.25, 0.3) is 0 Å². The number of nitrogens with one attached hydrogen (secondary N) is 2. The summed E-state index contributed by atoms with van der Waals surface area (Å²) in [5, 5.41) is 6.80. The van der Waals surface area contributed by atoms with E-state index in [1.54, 1.807) is 0 Å². The lowest BCUT2D eigenvalue weighted by Crippen LogP contribution is -2.26. The Bertz CT molecular complexity index is 120. The van der Waals surface area contributed by atoms with Crippen molar-refractivity contribution in [2.45, 2.75) is 58.4 Å². The van der Waals surface area contributed by atoms with Crippen LogP contribution in [-0.4, -0.2) is 25.7 Å². The molecule has 2 saturated heterocycles. The molecule has 2 heterocycles. The summed E-state index contributed by atoms with van der Waals surface area (Å²) in [7, 11) is 0. The Balaban J connectivity index is 0.000000151. The standard InChI is InChI=1S/C7H15N.C6H13N/c1-6(2)7-4-3-5-8-7;1-2-4-6-7-5-3-1/h6-8H,3-5H2,1-2H3;7H,1-6H2. The average molecular weight is 212 g/mol. The highest BCUT2D eigenvalue weighted by molar-refractivity contribution is 4.76. The molecule has 0 aromatic rings. The van der Waals surface area contributed by atoms with Gasteiger partial charge in [0.15, 0.2) is 0 Å². The second-order valence-corrected chi connectivity index (χ2v) is 5.11. The van der Waals surface area contributed by atoms with E-state index >= 15 is 0 Å². The van der Waals surface area contributed by atoms with Gasteiger partial charge in [-0.3, -0.25) is 0 Å². The van der Waals surface area contributed by atoms with E-state index in [1.165, 1.54) is 58.2 Å². The third kappa shape index (κ3) is 6.16. The summed E-state index contributed by atoms with van der Waals surface area (Å²) < 4.78 is 0. The summed E-state index contributed by atoms with van der Waals surface area (Å²) in [6, 6.07) is 0.815. The lowest BCUT2D eigenvalue weighted by Gasteiger charge is -2.12. The molecule has 2 rings (SSSR count). The van der Waals surface area contributed by atoms with Crippen molar-refractivity contribution in [2.75, 3.05) is 19.6 Å². The summed E-state index contributed by atoms with van der Waals surface area (Å²) in [6.45, 7) is 8.30. The first kappa shape index (κ1) is 13.0. The zero-order chi connectivity index (χ0) is 10.9. The van der Waals surface area contributed by atoms with Crippen LogP contribution in [0.4, 0.5) is 0 Å². The molecule has 2 aliphatic rings. The molecule has 0 aromatic heterocycles. The summed E-state index contributed by atoms with van der Waals surface area (Å²) in [5.41, 5.74) is 0. The van der Waals surface area contributed by atoms with Gasteiger partial charge in [-0.15, -0.1) is 0 Å². The van der Waals surface area contributed by atoms with Gasteiger partial charge in [-0.05, 0) is 51.2 Å². The zero-order valence-corrected chi connectivity index (χ0v) is 10.5. The van der Waals surface area contributed by atoms with Crippen molar-refractivity contribution in [1.29, 1.82) is 0 Å². The van der Waals surface area contributed by atoms with E-state index in [0.717, 1.165) is 12.0 Å². The van der Waals surface area contributed by atoms with Crippen LogP contribution in [0.15, 0.2) is 0 Å². The van der Waals surface area contributed by atoms with Gasteiger partial charge in [0.1, 0.15) is 0 Å². The molecule has 2 nitrogen and oxygen atoms in total. The van der Waals surface area contributed by atoms with Crippen molar-refractivity contribution in [1.82, 2.24) is 10.6 Å². The molecule has 15 heavy (non-hydrogen) atoms.